The van der Waals surface area contributed by atoms with Gasteiger partial charge in [0.25, 0.3) is 0 Å². The summed E-state index contributed by atoms with van der Waals surface area (Å²) in [4.78, 5) is 11.9. The molecule has 0 bridgehead atoms. The summed E-state index contributed by atoms with van der Waals surface area (Å²) in [5.74, 6) is 0.0533. The van der Waals surface area contributed by atoms with E-state index in [-0.39, 0.29) is 18.2 Å². The third-order valence-electron chi connectivity index (χ3n) is 3.85. The number of ether oxygens (including phenoxy) is 2. The number of hydrogen-bond acceptors (Lipinski definition) is 5. The molecular weight excluding hydrogens is 284 g/mol. The maximum Gasteiger partial charge on any atom is 0.341 e. The van der Waals surface area contributed by atoms with Crippen LogP contribution in [-0.2, 0) is 4.74 Å². The number of esters is 1. The zero-order valence-electron chi connectivity index (χ0n) is 12.9. The Labute approximate surface area is 128 Å². The highest BCUT2D eigenvalue weighted by Gasteiger charge is 2.29. The van der Waals surface area contributed by atoms with Crippen LogP contribution in [0.15, 0.2) is 18.3 Å². The first-order valence-electron chi connectivity index (χ1n) is 7.44. The molecule has 1 aromatic carbocycles. The first-order valence-corrected chi connectivity index (χ1v) is 7.44. The first-order chi connectivity index (χ1) is 10.5. The van der Waals surface area contributed by atoms with E-state index >= 15 is 0 Å². The van der Waals surface area contributed by atoms with Gasteiger partial charge in [0.2, 0.25) is 0 Å². The van der Waals surface area contributed by atoms with Gasteiger partial charge in [-0.2, -0.15) is 5.10 Å². The number of benzene rings is 1. The van der Waals surface area contributed by atoms with Crippen molar-refractivity contribution in [1.82, 2.24) is 9.78 Å². The van der Waals surface area contributed by atoms with E-state index in [4.69, 9.17) is 9.47 Å². The third-order valence-corrected chi connectivity index (χ3v) is 3.85. The van der Waals surface area contributed by atoms with E-state index in [1.165, 1.54) is 7.11 Å². The predicted molar refractivity (Wildman–Crippen MR) is 81.1 cm³/mol. The molecule has 3 rings (SSSR count). The zero-order valence-corrected chi connectivity index (χ0v) is 12.9. The molecule has 0 unspecified atom stereocenters. The first kappa shape index (κ1) is 14.8. The van der Waals surface area contributed by atoms with E-state index in [2.05, 4.69) is 5.10 Å². The third kappa shape index (κ3) is 2.66. The number of aliphatic hydroxyl groups is 1. The van der Waals surface area contributed by atoms with Crippen LogP contribution in [0.2, 0.25) is 0 Å². The van der Waals surface area contributed by atoms with Crippen LogP contribution in [0.5, 0.6) is 5.75 Å². The van der Waals surface area contributed by atoms with Crippen LogP contribution >= 0.6 is 0 Å². The van der Waals surface area contributed by atoms with Crippen molar-refractivity contribution in [2.75, 3.05) is 7.11 Å². The molecule has 1 N–H and O–H groups in total. The van der Waals surface area contributed by atoms with Gasteiger partial charge in [0.15, 0.2) is 0 Å². The summed E-state index contributed by atoms with van der Waals surface area (Å²) in [5, 5.41) is 14.8. The molecule has 0 spiro atoms. The Morgan fingerprint density at radius 1 is 1.41 bits per heavy atom. The number of aliphatic hydroxyl groups excluding tert-OH is 1. The Hall–Kier alpha value is -2.08. The number of rotatable bonds is 4. The average Bonchev–Trinajstić information content (AvgIpc) is 2.83. The second kappa shape index (κ2) is 5.61. The summed E-state index contributed by atoms with van der Waals surface area (Å²) in [6.45, 7) is 3.80. The molecule has 1 heterocycles. The molecule has 1 aliphatic carbocycles. The van der Waals surface area contributed by atoms with Crippen molar-refractivity contribution in [3.05, 3.63) is 23.9 Å². The average molecular weight is 304 g/mol. The maximum atomic E-state index is 11.9. The van der Waals surface area contributed by atoms with Gasteiger partial charge < -0.3 is 14.6 Å². The number of carbonyl (C=O) groups excluding carboxylic acids is 1. The minimum atomic E-state index is -0.427. The van der Waals surface area contributed by atoms with Crippen molar-refractivity contribution in [3.8, 4) is 5.75 Å². The normalized spacial score (nSPS) is 21.0. The smallest absolute Gasteiger partial charge is 0.341 e. The molecule has 0 amide bonds. The van der Waals surface area contributed by atoms with Crippen LogP contribution in [0.25, 0.3) is 10.9 Å². The molecule has 0 atom stereocenters. The standard InChI is InChI=1S/C16H20N2O4/c1-9(2)22-15-7-14-10(4-13(15)16(20)21-3)8-18(17-14)11-5-12(19)6-11/h4,7-9,11-12,19H,5-6H2,1-3H3. The zero-order chi connectivity index (χ0) is 15.9. The van der Waals surface area contributed by atoms with Crippen LogP contribution in [0, 0.1) is 0 Å². The van der Waals surface area contributed by atoms with E-state index in [0.29, 0.717) is 24.2 Å². The minimum Gasteiger partial charge on any atom is -0.490 e. The molecular formula is C16H20N2O4. The van der Waals surface area contributed by atoms with Gasteiger partial charge in [-0.25, -0.2) is 4.79 Å². The number of methoxy groups -OCH3 is 1. The van der Waals surface area contributed by atoms with E-state index in [9.17, 15) is 9.90 Å². The van der Waals surface area contributed by atoms with Gasteiger partial charge >= 0.3 is 5.97 Å². The maximum absolute atomic E-state index is 11.9. The van der Waals surface area contributed by atoms with Gasteiger partial charge in [-0.3, -0.25) is 4.68 Å². The summed E-state index contributed by atoms with van der Waals surface area (Å²) in [5.41, 5.74) is 1.17. The van der Waals surface area contributed by atoms with Gasteiger partial charge in [-0.1, -0.05) is 0 Å². The van der Waals surface area contributed by atoms with E-state index in [0.717, 1.165) is 10.9 Å². The second-order valence-corrected chi connectivity index (χ2v) is 5.95. The second-order valence-electron chi connectivity index (χ2n) is 5.95. The Morgan fingerprint density at radius 2 is 2.14 bits per heavy atom. The molecule has 1 fully saturated rings. The van der Waals surface area contributed by atoms with Crippen LogP contribution in [0.3, 0.4) is 0 Å². The number of fused-ring (bicyclic) bond motifs is 1. The topological polar surface area (TPSA) is 73.6 Å². The molecule has 0 radical (unpaired) electrons. The minimum absolute atomic E-state index is 0.0512. The summed E-state index contributed by atoms with van der Waals surface area (Å²) in [6.07, 6.45) is 3.05. The lowest BCUT2D eigenvalue weighted by molar-refractivity contribution is 0.0437. The fraction of sp³-hybridized carbons (Fsp3) is 0.500. The Bertz CT molecular complexity index is 701. The summed E-state index contributed by atoms with van der Waals surface area (Å²) >= 11 is 0. The van der Waals surface area contributed by atoms with Crippen LogP contribution < -0.4 is 4.74 Å². The van der Waals surface area contributed by atoms with Crippen molar-refractivity contribution in [2.24, 2.45) is 0 Å². The van der Waals surface area contributed by atoms with Crippen molar-refractivity contribution in [2.45, 2.75) is 44.9 Å². The molecule has 1 aromatic heterocycles. The van der Waals surface area contributed by atoms with Crippen LogP contribution in [0.4, 0.5) is 0 Å². The fourth-order valence-electron chi connectivity index (χ4n) is 2.65. The molecule has 1 aliphatic rings. The van der Waals surface area contributed by atoms with Gasteiger partial charge in [0, 0.05) is 17.6 Å². The molecule has 2 aromatic rings. The number of nitrogens with zero attached hydrogens (tertiary/aromatic N) is 2. The molecule has 22 heavy (non-hydrogen) atoms. The van der Waals surface area contributed by atoms with E-state index in [1.54, 1.807) is 12.1 Å². The van der Waals surface area contributed by atoms with Crippen LogP contribution in [-0.4, -0.2) is 40.2 Å². The summed E-state index contributed by atoms with van der Waals surface area (Å²) in [7, 11) is 1.35. The van der Waals surface area contributed by atoms with Crippen LogP contribution in [0.1, 0.15) is 43.1 Å². The quantitative estimate of drug-likeness (QED) is 0.877. The van der Waals surface area contributed by atoms with Gasteiger partial charge in [0.1, 0.15) is 11.3 Å². The molecule has 0 aliphatic heterocycles. The molecule has 118 valence electrons. The molecule has 6 nitrogen and oxygen atoms in total. The monoisotopic (exact) mass is 304 g/mol. The van der Waals surface area contributed by atoms with E-state index < -0.39 is 5.97 Å². The predicted octanol–water partition coefficient (Wildman–Crippen LogP) is 2.31. The summed E-state index contributed by atoms with van der Waals surface area (Å²) in [6, 6.07) is 3.74. The molecule has 6 heteroatoms. The summed E-state index contributed by atoms with van der Waals surface area (Å²) < 4.78 is 12.4. The molecule has 1 saturated carbocycles. The highest BCUT2D eigenvalue weighted by Crippen LogP contribution is 2.34. The lowest BCUT2D eigenvalue weighted by atomic mass is 9.90. The Morgan fingerprint density at radius 3 is 2.73 bits per heavy atom. The van der Waals surface area contributed by atoms with Crippen molar-refractivity contribution in [3.63, 3.8) is 0 Å². The largest absolute Gasteiger partial charge is 0.490 e. The lowest BCUT2D eigenvalue weighted by Gasteiger charge is -2.31. The fourth-order valence-corrected chi connectivity index (χ4v) is 2.65. The number of hydrogen-bond donors (Lipinski definition) is 1. The highest BCUT2D eigenvalue weighted by molar-refractivity contribution is 5.97. The lowest BCUT2D eigenvalue weighted by Crippen LogP contribution is -2.30. The van der Waals surface area contributed by atoms with Crippen molar-refractivity contribution >= 4 is 16.9 Å². The Kier molecular flexibility index (Phi) is 3.78. The Balaban J connectivity index is 2.02. The van der Waals surface area contributed by atoms with Gasteiger partial charge in [0.05, 0.1) is 30.9 Å². The SMILES string of the molecule is COC(=O)c1cc2cn(C3CC(O)C3)nc2cc1OC(C)C. The van der Waals surface area contributed by atoms with Crippen molar-refractivity contribution < 1.29 is 19.4 Å². The number of aromatic nitrogens is 2. The highest BCUT2D eigenvalue weighted by atomic mass is 16.5. The van der Waals surface area contributed by atoms with Gasteiger partial charge in [-0.15, -0.1) is 0 Å². The van der Waals surface area contributed by atoms with Gasteiger partial charge in [-0.05, 0) is 32.8 Å². The van der Waals surface area contributed by atoms with Crippen molar-refractivity contribution in [1.29, 1.82) is 0 Å². The molecule has 0 saturated heterocycles. The van der Waals surface area contributed by atoms with E-state index in [1.807, 2.05) is 24.7 Å². The number of carbonyl (C=O) groups is 1.